The van der Waals surface area contributed by atoms with E-state index in [1.54, 1.807) is 4.90 Å². The van der Waals surface area contributed by atoms with Crippen LogP contribution in [0.4, 0.5) is 4.79 Å². The molecule has 7 nitrogen and oxygen atoms in total. The van der Waals surface area contributed by atoms with E-state index in [-0.39, 0.29) is 18.0 Å². The molecule has 0 bridgehead atoms. The van der Waals surface area contributed by atoms with E-state index >= 15 is 0 Å². The first-order valence-electron chi connectivity index (χ1n) is 7.63. The standard InChI is InChI=1S/C14H23N3O4/c18-12-6-8-17(9-7-15-12)14(21)16-11-5-3-1-2-4-10(11)13(19)20/h10-11H,1-9H2,(H,15,18)(H,16,21)(H,19,20). The Hall–Kier alpha value is -1.79. The van der Waals surface area contributed by atoms with Crippen molar-refractivity contribution < 1.29 is 19.5 Å². The van der Waals surface area contributed by atoms with Gasteiger partial charge in [-0.3, -0.25) is 9.59 Å². The van der Waals surface area contributed by atoms with Crippen LogP contribution in [-0.4, -0.2) is 53.6 Å². The fourth-order valence-corrected chi connectivity index (χ4v) is 3.00. The van der Waals surface area contributed by atoms with Gasteiger partial charge in [0.15, 0.2) is 0 Å². The molecule has 1 aliphatic carbocycles. The maximum Gasteiger partial charge on any atom is 0.317 e. The van der Waals surface area contributed by atoms with Gasteiger partial charge >= 0.3 is 12.0 Å². The highest BCUT2D eigenvalue weighted by molar-refractivity contribution is 5.80. The van der Waals surface area contributed by atoms with Crippen LogP contribution in [0.25, 0.3) is 0 Å². The first kappa shape index (κ1) is 15.6. The number of hydrogen-bond acceptors (Lipinski definition) is 3. The highest BCUT2D eigenvalue weighted by Crippen LogP contribution is 2.24. The van der Waals surface area contributed by atoms with Gasteiger partial charge in [0.25, 0.3) is 0 Å². The molecule has 2 fully saturated rings. The SMILES string of the molecule is O=C1CCN(C(=O)NC2CCCCCC2C(=O)O)CCN1. The van der Waals surface area contributed by atoms with Crippen molar-refractivity contribution in [2.45, 2.75) is 44.6 Å². The Morgan fingerprint density at radius 1 is 1.19 bits per heavy atom. The molecule has 3 N–H and O–H groups in total. The third kappa shape index (κ3) is 4.34. The summed E-state index contributed by atoms with van der Waals surface area (Å²) in [5.41, 5.74) is 0. The number of nitrogens with zero attached hydrogens (tertiary/aromatic N) is 1. The maximum absolute atomic E-state index is 12.3. The molecule has 1 saturated carbocycles. The second kappa shape index (κ2) is 7.28. The zero-order valence-electron chi connectivity index (χ0n) is 12.1. The Balaban J connectivity index is 1.95. The van der Waals surface area contributed by atoms with Crippen molar-refractivity contribution in [3.05, 3.63) is 0 Å². The molecule has 3 amide bonds. The van der Waals surface area contributed by atoms with Crippen molar-refractivity contribution in [2.24, 2.45) is 5.92 Å². The zero-order valence-corrected chi connectivity index (χ0v) is 12.1. The number of urea groups is 1. The summed E-state index contributed by atoms with van der Waals surface area (Å²) < 4.78 is 0. The number of carbonyl (C=O) groups is 3. The summed E-state index contributed by atoms with van der Waals surface area (Å²) >= 11 is 0. The minimum absolute atomic E-state index is 0.0526. The predicted molar refractivity (Wildman–Crippen MR) is 75.7 cm³/mol. The molecule has 1 saturated heterocycles. The second-order valence-electron chi connectivity index (χ2n) is 5.73. The zero-order chi connectivity index (χ0) is 15.2. The predicted octanol–water partition coefficient (Wildman–Crippen LogP) is 0.551. The van der Waals surface area contributed by atoms with Gasteiger partial charge in [-0.2, -0.15) is 0 Å². The average molecular weight is 297 g/mol. The molecule has 0 radical (unpaired) electrons. The van der Waals surface area contributed by atoms with Crippen molar-refractivity contribution in [2.75, 3.05) is 19.6 Å². The third-order valence-electron chi connectivity index (χ3n) is 4.24. The van der Waals surface area contributed by atoms with Crippen LogP contribution >= 0.6 is 0 Å². The van der Waals surface area contributed by atoms with E-state index in [9.17, 15) is 19.5 Å². The van der Waals surface area contributed by atoms with Crippen LogP contribution in [0.15, 0.2) is 0 Å². The van der Waals surface area contributed by atoms with Crippen LogP contribution in [0, 0.1) is 5.92 Å². The molecule has 2 aliphatic rings. The average Bonchev–Trinajstić information content (AvgIpc) is 2.79. The van der Waals surface area contributed by atoms with Crippen molar-refractivity contribution in [3.8, 4) is 0 Å². The Labute approximate surface area is 124 Å². The molecule has 0 aromatic heterocycles. The number of carboxylic acids is 1. The van der Waals surface area contributed by atoms with Crippen molar-refractivity contribution >= 4 is 17.9 Å². The molecular weight excluding hydrogens is 274 g/mol. The summed E-state index contributed by atoms with van der Waals surface area (Å²) in [4.78, 5) is 36.5. The van der Waals surface area contributed by atoms with E-state index in [2.05, 4.69) is 10.6 Å². The molecule has 1 heterocycles. The molecule has 0 spiro atoms. The fraction of sp³-hybridized carbons (Fsp3) is 0.786. The smallest absolute Gasteiger partial charge is 0.317 e. The number of carboxylic acid groups (broad SMARTS) is 1. The largest absolute Gasteiger partial charge is 0.481 e. The Bertz CT molecular complexity index is 413. The molecule has 2 rings (SSSR count). The molecular formula is C14H23N3O4. The first-order valence-corrected chi connectivity index (χ1v) is 7.63. The van der Waals surface area contributed by atoms with Crippen LogP contribution in [-0.2, 0) is 9.59 Å². The highest BCUT2D eigenvalue weighted by atomic mass is 16.4. The molecule has 21 heavy (non-hydrogen) atoms. The third-order valence-corrected chi connectivity index (χ3v) is 4.24. The van der Waals surface area contributed by atoms with Crippen LogP contribution in [0.2, 0.25) is 0 Å². The summed E-state index contributed by atoms with van der Waals surface area (Å²) in [6.45, 7) is 1.28. The van der Waals surface area contributed by atoms with Gasteiger partial charge in [0, 0.05) is 32.1 Å². The van der Waals surface area contributed by atoms with Gasteiger partial charge in [-0.05, 0) is 12.8 Å². The van der Waals surface area contributed by atoms with Gasteiger partial charge in [-0.1, -0.05) is 19.3 Å². The van der Waals surface area contributed by atoms with Crippen molar-refractivity contribution in [1.82, 2.24) is 15.5 Å². The normalized spacial score (nSPS) is 27.2. The maximum atomic E-state index is 12.3. The summed E-state index contributed by atoms with van der Waals surface area (Å²) in [6, 6.07) is -0.575. The van der Waals surface area contributed by atoms with Gasteiger partial charge in [-0.15, -0.1) is 0 Å². The van der Waals surface area contributed by atoms with Crippen LogP contribution in [0.1, 0.15) is 38.5 Å². The molecule has 2 atom stereocenters. The van der Waals surface area contributed by atoms with Crippen molar-refractivity contribution in [1.29, 1.82) is 0 Å². The minimum Gasteiger partial charge on any atom is -0.481 e. The molecule has 2 unspecified atom stereocenters. The summed E-state index contributed by atoms with van der Waals surface area (Å²) in [5, 5.41) is 14.9. The van der Waals surface area contributed by atoms with Crippen molar-refractivity contribution in [3.63, 3.8) is 0 Å². The van der Waals surface area contributed by atoms with E-state index in [0.29, 0.717) is 38.9 Å². The topological polar surface area (TPSA) is 98.7 Å². The first-order chi connectivity index (χ1) is 10.1. The number of amides is 3. The van der Waals surface area contributed by atoms with Crippen LogP contribution < -0.4 is 10.6 Å². The van der Waals surface area contributed by atoms with Crippen LogP contribution in [0.3, 0.4) is 0 Å². The fourth-order valence-electron chi connectivity index (χ4n) is 3.00. The monoisotopic (exact) mass is 297 g/mol. The summed E-state index contributed by atoms with van der Waals surface area (Å²) in [7, 11) is 0. The lowest BCUT2D eigenvalue weighted by Gasteiger charge is -2.27. The van der Waals surface area contributed by atoms with E-state index in [0.717, 1.165) is 19.3 Å². The Morgan fingerprint density at radius 3 is 2.71 bits per heavy atom. The van der Waals surface area contributed by atoms with E-state index < -0.39 is 11.9 Å². The lowest BCUT2D eigenvalue weighted by molar-refractivity contribution is -0.142. The molecule has 118 valence electrons. The Kier molecular flexibility index (Phi) is 5.41. The molecule has 0 aromatic rings. The lowest BCUT2D eigenvalue weighted by Crippen LogP contribution is -2.49. The summed E-state index contributed by atoms with van der Waals surface area (Å²) in [5.74, 6) is -1.40. The molecule has 1 aliphatic heterocycles. The number of aliphatic carboxylic acids is 1. The van der Waals surface area contributed by atoms with Gasteiger partial charge in [0.2, 0.25) is 5.91 Å². The molecule has 0 aromatic carbocycles. The van der Waals surface area contributed by atoms with Gasteiger partial charge in [0.1, 0.15) is 0 Å². The van der Waals surface area contributed by atoms with Crippen LogP contribution in [0.5, 0.6) is 0 Å². The Morgan fingerprint density at radius 2 is 1.95 bits per heavy atom. The van der Waals surface area contributed by atoms with E-state index in [1.807, 2.05) is 0 Å². The summed E-state index contributed by atoms with van der Waals surface area (Å²) in [6.07, 6.45) is 4.45. The number of hydrogen-bond donors (Lipinski definition) is 3. The number of nitrogens with one attached hydrogen (secondary N) is 2. The van der Waals surface area contributed by atoms with Gasteiger partial charge in [0.05, 0.1) is 5.92 Å². The lowest BCUT2D eigenvalue weighted by atomic mass is 9.95. The quantitative estimate of drug-likeness (QED) is 0.648. The van der Waals surface area contributed by atoms with E-state index in [1.165, 1.54) is 0 Å². The number of rotatable bonds is 2. The minimum atomic E-state index is -0.838. The van der Waals surface area contributed by atoms with Gasteiger partial charge < -0.3 is 20.6 Å². The second-order valence-corrected chi connectivity index (χ2v) is 5.73. The van der Waals surface area contributed by atoms with Gasteiger partial charge in [-0.25, -0.2) is 4.79 Å². The highest BCUT2D eigenvalue weighted by Gasteiger charge is 2.31. The van der Waals surface area contributed by atoms with E-state index in [4.69, 9.17) is 0 Å². The number of carbonyl (C=O) groups excluding carboxylic acids is 2. The molecule has 7 heteroatoms.